The number of fused-ring (bicyclic) bond motifs is 1. The SMILES string of the molecule is CCCn1c(CCC(=O)Nc2cccc(CC)c2)nc2cc(S(=O)(=O)N3CCOCC3)ccc21. The molecular weight excluding hydrogens is 452 g/mol. The van der Waals surface area contributed by atoms with Gasteiger partial charge in [-0.15, -0.1) is 0 Å². The molecule has 1 aliphatic rings. The van der Waals surface area contributed by atoms with Gasteiger partial charge in [-0.3, -0.25) is 4.79 Å². The van der Waals surface area contributed by atoms with E-state index in [-0.39, 0.29) is 10.8 Å². The van der Waals surface area contributed by atoms with Gasteiger partial charge >= 0.3 is 0 Å². The van der Waals surface area contributed by atoms with Gasteiger partial charge in [-0.1, -0.05) is 26.0 Å². The smallest absolute Gasteiger partial charge is 0.243 e. The number of morpholine rings is 1. The van der Waals surface area contributed by atoms with E-state index in [1.54, 1.807) is 12.1 Å². The average molecular weight is 485 g/mol. The number of carbonyl (C=O) groups is 1. The van der Waals surface area contributed by atoms with Crippen LogP contribution in [0.2, 0.25) is 0 Å². The Bertz CT molecular complexity index is 1260. The van der Waals surface area contributed by atoms with Crippen molar-refractivity contribution in [3.8, 4) is 0 Å². The molecule has 0 aliphatic carbocycles. The van der Waals surface area contributed by atoms with E-state index in [2.05, 4.69) is 23.7 Å². The van der Waals surface area contributed by atoms with E-state index in [1.807, 2.05) is 30.3 Å². The van der Waals surface area contributed by atoms with E-state index in [9.17, 15) is 13.2 Å². The molecule has 4 rings (SSSR count). The Morgan fingerprint density at radius 3 is 2.65 bits per heavy atom. The van der Waals surface area contributed by atoms with Gasteiger partial charge < -0.3 is 14.6 Å². The van der Waals surface area contributed by atoms with E-state index in [0.29, 0.717) is 44.7 Å². The number of nitrogens with one attached hydrogen (secondary N) is 1. The molecule has 1 N–H and O–H groups in total. The number of sulfonamides is 1. The molecule has 8 nitrogen and oxygen atoms in total. The van der Waals surface area contributed by atoms with Crippen LogP contribution >= 0.6 is 0 Å². The first-order valence-electron chi connectivity index (χ1n) is 11.9. The summed E-state index contributed by atoms with van der Waals surface area (Å²) in [5.74, 6) is 0.717. The number of aromatic nitrogens is 2. The van der Waals surface area contributed by atoms with Gasteiger partial charge in [0.15, 0.2) is 0 Å². The highest BCUT2D eigenvalue weighted by atomic mass is 32.2. The first-order chi connectivity index (χ1) is 16.4. The molecule has 1 fully saturated rings. The van der Waals surface area contributed by atoms with E-state index < -0.39 is 10.0 Å². The standard InChI is InChI=1S/C25H32N4O4S/c1-3-12-29-23-9-8-21(34(31,32)28-13-15-33-16-14-28)18-22(23)27-24(29)10-11-25(30)26-20-7-5-6-19(4-2)17-20/h5-9,17-18H,3-4,10-16H2,1-2H3,(H,26,30). The van der Waals surface area contributed by atoms with Crippen molar-refractivity contribution >= 4 is 32.7 Å². The number of hydrogen-bond acceptors (Lipinski definition) is 5. The molecule has 1 saturated heterocycles. The van der Waals surface area contributed by atoms with Crippen molar-refractivity contribution in [3.63, 3.8) is 0 Å². The molecule has 0 unspecified atom stereocenters. The Hall–Kier alpha value is -2.75. The summed E-state index contributed by atoms with van der Waals surface area (Å²) >= 11 is 0. The highest BCUT2D eigenvalue weighted by Crippen LogP contribution is 2.24. The second kappa shape index (κ2) is 10.7. The molecule has 0 radical (unpaired) electrons. The van der Waals surface area contributed by atoms with Crippen molar-refractivity contribution in [2.45, 2.75) is 51.0 Å². The van der Waals surface area contributed by atoms with Crippen LogP contribution in [0, 0.1) is 0 Å². The molecule has 182 valence electrons. The monoisotopic (exact) mass is 484 g/mol. The molecule has 1 aromatic heterocycles. The van der Waals surface area contributed by atoms with Crippen molar-refractivity contribution < 1.29 is 17.9 Å². The predicted octanol–water partition coefficient (Wildman–Crippen LogP) is 3.60. The highest BCUT2D eigenvalue weighted by molar-refractivity contribution is 7.89. The predicted molar refractivity (Wildman–Crippen MR) is 132 cm³/mol. The normalized spacial score (nSPS) is 15.0. The average Bonchev–Trinajstić information content (AvgIpc) is 3.20. The highest BCUT2D eigenvalue weighted by Gasteiger charge is 2.27. The van der Waals surface area contributed by atoms with E-state index >= 15 is 0 Å². The Morgan fingerprint density at radius 2 is 1.91 bits per heavy atom. The van der Waals surface area contributed by atoms with Crippen molar-refractivity contribution in [2.24, 2.45) is 0 Å². The third kappa shape index (κ3) is 5.32. The third-order valence-electron chi connectivity index (χ3n) is 6.05. The van der Waals surface area contributed by atoms with Crippen LogP contribution in [0.5, 0.6) is 0 Å². The summed E-state index contributed by atoms with van der Waals surface area (Å²) in [5, 5.41) is 2.97. The molecule has 9 heteroatoms. The minimum absolute atomic E-state index is 0.0704. The van der Waals surface area contributed by atoms with Crippen LogP contribution < -0.4 is 5.32 Å². The van der Waals surface area contributed by atoms with Gasteiger partial charge in [0, 0.05) is 38.2 Å². The Balaban J connectivity index is 1.53. The Kier molecular flexibility index (Phi) is 7.65. The fourth-order valence-corrected chi connectivity index (χ4v) is 5.67. The fraction of sp³-hybridized carbons (Fsp3) is 0.440. The lowest BCUT2D eigenvalue weighted by molar-refractivity contribution is -0.116. The zero-order chi connectivity index (χ0) is 24.1. The number of aryl methyl sites for hydroxylation is 3. The van der Waals surface area contributed by atoms with Crippen LogP contribution in [-0.4, -0.2) is 54.5 Å². The summed E-state index contributed by atoms with van der Waals surface area (Å²) in [5.41, 5.74) is 3.48. The summed E-state index contributed by atoms with van der Waals surface area (Å²) in [6.07, 6.45) is 2.58. The maximum atomic E-state index is 13.1. The first kappa shape index (κ1) is 24.4. The minimum Gasteiger partial charge on any atom is -0.379 e. The molecule has 0 spiro atoms. The fourth-order valence-electron chi connectivity index (χ4n) is 4.24. The quantitative estimate of drug-likeness (QED) is 0.501. The number of anilines is 1. The summed E-state index contributed by atoms with van der Waals surface area (Å²) in [6.45, 7) is 6.43. The Labute approximate surface area is 201 Å². The van der Waals surface area contributed by atoms with Gasteiger partial charge in [-0.25, -0.2) is 13.4 Å². The number of carbonyl (C=O) groups excluding carboxylic acids is 1. The van der Waals surface area contributed by atoms with Crippen molar-refractivity contribution in [1.29, 1.82) is 0 Å². The molecule has 0 saturated carbocycles. The lowest BCUT2D eigenvalue weighted by Crippen LogP contribution is -2.40. The summed E-state index contributed by atoms with van der Waals surface area (Å²) in [4.78, 5) is 17.6. The van der Waals surface area contributed by atoms with Gasteiger partial charge in [-0.2, -0.15) is 4.31 Å². The maximum absolute atomic E-state index is 13.1. The van der Waals surface area contributed by atoms with Crippen LogP contribution in [0.1, 0.15) is 38.1 Å². The van der Waals surface area contributed by atoms with Crippen LogP contribution in [0.15, 0.2) is 47.4 Å². The van der Waals surface area contributed by atoms with Crippen LogP contribution in [0.4, 0.5) is 5.69 Å². The summed E-state index contributed by atoms with van der Waals surface area (Å²) in [6, 6.07) is 13.0. The molecular formula is C25H32N4O4S. The van der Waals surface area contributed by atoms with Gasteiger partial charge in [0.2, 0.25) is 15.9 Å². The first-order valence-corrected chi connectivity index (χ1v) is 13.3. The van der Waals surface area contributed by atoms with E-state index in [0.717, 1.165) is 36.4 Å². The van der Waals surface area contributed by atoms with Gasteiger partial charge in [-0.05, 0) is 48.7 Å². The van der Waals surface area contributed by atoms with Crippen molar-refractivity contribution in [1.82, 2.24) is 13.9 Å². The van der Waals surface area contributed by atoms with Crippen LogP contribution in [0.25, 0.3) is 11.0 Å². The molecule has 2 heterocycles. The van der Waals surface area contributed by atoms with Gasteiger partial charge in [0.25, 0.3) is 0 Å². The molecule has 2 aromatic carbocycles. The topological polar surface area (TPSA) is 93.5 Å². The largest absolute Gasteiger partial charge is 0.379 e. The second-order valence-electron chi connectivity index (χ2n) is 8.45. The van der Waals surface area contributed by atoms with Crippen molar-refractivity contribution in [3.05, 3.63) is 53.9 Å². The lowest BCUT2D eigenvalue weighted by atomic mass is 10.1. The van der Waals surface area contributed by atoms with Crippen LogP contribution in [0.3, 0.4) is 0 Å². The van der Waals surface area contributed by atoms with Crippen molar-refractivity contribution in [2.75, 3.05) is 31.6 Å². The van der Waals surface area contributed by atoms with E-state index in [4.69, 9.17) is 9.72 Å². The Morgan fingerprint density at radius 1 is 1.12 bits per heavy atom. The molecule has 0 atom stereocenters. The second-order valence-corrected chi connectivity index (χ2v) is 10.4. The zero-order valence-corrected chi connectivity index (χ0v) is 20.6. The number of ether oxygens (including phenoxy) is 1. The number of benzene rings is 2. The summed E-state index contributed by atoms with van der Waals surface area (Å²) in [7, 11) is -3.60. The molecule has 0 bridgehead atoms. The maximum Gasteiger partial charge on any atom is 0.243 e. The number of nitrogens with zero attached hydrogens (tertiary/aromatic N) is 3. The van der Waals surface area contributed by atoms with Gasteiger partial charge in [0.05, 0.1) is 29.1 Å². The lowest BCUT2D eigenvalue weighted by Gasteiger charge is -2.26. The van der Waals surface area contributed by atoms with Crippen LogP contribution in [-0.2, 0) is 38.9 Å². The number of amides is 1. The zero-order valence-electron chi connectivity index (χ0n) is 19.8. The summed E-state index contributed by atoms with van der Waals surface area (Å²) < 4.78 is 35.0. The number of imidazole rings is 1. The third-order valence-corrected chi connectivity index (χ3v) is 7.94. The van der Waals surface area contributed by atoms with E-state index in [1.165, 1.54) is 9.87 Å². The molecule has 1 aliphatic heterocycles. The minimum atomic E-state index is -3.60. The molecule has 34 heavy (non-hydrogen) atoms. The number of rotatable bonds is 9. The van der Waals surface area contributed by atoms with Gasteiger partial charge in [0.1, 0.15) is 5.82 Å². The molecule has 1 amide bonds. The number of hydrogen-bond donors (Lipinski definition) is 1. The molecule has 3 aromatic rings.